The van der Waals surface area contributed by atoms with Gasteiger partial charge < -0.3 is 15.1 Å². The van der Waals surface area contributed by atoms with Crippen molar-refractivity contribution < 1.29 is 9.21 Å². The number of nitrogens with two attached hydrogens (primary N) is 1. The second-order valence-electron chi connectivity index (χ2n) is 5.15. The largest absolute Gasteiger partial charge is 0.448 e. The first kappa shape index (κ1) is 14.7. The maximum Gasteiger partial charge on any atom is 0.289 e. The van der Waals surface area contributed by atoms with Gasteiger partial charge in [0, 0.05) is 19.6 Å². The normalized spacial score (nSPS) is 12.5. The molecule has 1 aromatic carbocycles. The second kappa shape index (κ2) is 5.90. The number of hydrogen-bond donors (Lipinski definition) is 1. The highest BCUT2D eigenvalue weighted by Crippen LogP contribution is 2.31. The van der Waals surface area contributed by atoms with E-state index >= 15 is 0 Å². The van der Waals surface area contributed by atoms with Gasteiger partial charge in [0.25, 0.3) is 5.91 Å². The quantitative estimate of drug-likeness (QED) is 0.803. The maximum atomic E-state index is 12.3. The van der Waals surface area contributed by atoms with Crippen molar-refractivity contribution in [2.24, 2.45) is 5.73 Å². The lowest BCUT2D eigenvalue weighted by molar-refractivity contribution is 0.0717. The summed E-state index contributed by atoms with van der Waals surface area (Å²) >= 11 is 1.54. The van der Waals surface area contributed by atoms with Crippen LogP contribution in [0.5, 0.6) is 0 Å². The van der Waals surface area contributed by atoms with E-state index in [1.807, 2.05) is 31.2 Å². The predicted octanol–water partition coefficient (Wildman–Crippen LogP) is 2.98. The molecule has 0 aliphatic heterocycles. The third-order valence-corrected chi connectivity index (χ3v) is 4.70. The lowest BCUT2D eigenvalue weighted by Crippen LogP contribution is -2.39. The molecule has 2 aromatic heterocycles. The minimum Gasteiger partial charge on any atom is -0.448 e. The molecule has 3 aromatic rings. The number of furan rings is 1. The van der Waals surface area contributed by atoms with Crippen LogP contribution in [-0.4, -0.2) is 35.4 Å². The van der Waals surface area contributed by atoms with Gasteiger partial charge in [0.2, 0.25) is 0 Å². The summed E-state index contributed by atoms with van der Waals surface area (Å²) in [4.78, 5) is 18.4. The summed E-state index contributed by atoms with van der Waals surface area (Å²) in [6, 6.07) is 11.3. The number of hydrogen-bond acceptors (Lipinski definition) is 5. The topological polar surface area (TPSA) is 72.4 Å². The number of benzene rings is 1. The average molecular weight is 315 g/mol. The molecule has 1 atom stereocenters. The highest BCUT2D eigenvalue weighted by Gasteiger charge is 2.20. The Hall–Kier alpha value is -2.18. The Balaban J connectivity index is 1.88. The van der Waals surface area contributed by atoms with Crippen molar-refractivity contribution in [1.82, 2.24) is 9.88 Å². The smallest absolute Gasteiger partial charge is 0.289 e. The van der Waals surface area contributed by atoms with Gasteiger partial charge in [-0.25, -0.2) is 4.98 Å². The van der Waals surface area contributed by atoms with Crippen molar-refractivity contribution in [3.63, 3.8) is 0 Å². The van der Waals surface area contributed by atoms with Crippen LogP contribution in [0.4, 0.5) is 0 Å². The van der Waals surface area contributed by atoms with Gasteiger partial charge in [-0.15, -0.1) is 11.3 Å². The molecular formula is C16H17N3O2S. The number of carbonyl (C=O) groups excluding carboxylic acids is 1. The van der Waals surface area contributed by atoms with Gasteiger partial charge in [-0.1, -0.05) is 12.1 Å². The van der Waals surface area contributed by atoms with Crippen LogP contribution < -0.4 is 5.73 Å². The van der Waals surface area contributed by atoms with Crippen LogP contribution in [0.15, 0.2) is 40.8 Å². The fraction of sp³-hybridized carbons (Fsp3) is 0.250. The molecule has 0 fully saturated rings. The minimum absolute atomic E-state index is 0.0384. The summed E-state index contributed by atoms with van der Waals surface area (Å²) in [5.41, 5.74) is 6.53. The number of rotatable bonds is 4. The molecule has 6 heteroatoms. The standard InChI is InChI=1S/C16H17N3O2S/c1-10(9-17)19(2)16(20)13-8-7-12(21-13)15-18-11-5-3-4-6-14(11)22-15/h3-8,10H,9,17H2,1-2H3. The highest BCUT2D eigenvalue weighted by molar-refractivity contribution is 7.21. The fourth-order valence-corrected chi connectivity index (χ4v) is 3.00. The predicted molar refractivity (Wildman–Crippen MR) is 87.9 cm³/mol. The monoisotopic (exact) mass is 315 g/mol. The Labute approximate surface area is 132 Å². The number of para-hydroxylation sites is 1. The zero-order valence-electron chi connectivity index (χ0n) is 12.4. The van der Waals surface area contributed by atoms with Crippen LogP contribution >= 0.6 is 11.3 Å². The zero-order valence-corrected chi connectivity index (χ0v) is 13.3. The third-order valence-electron chi connectivity index (χ3n) is 3.64. The molecule has 5 nitrogen and oxygen atoms in total. The number of fused-ring (bicyclic) bond motifs is 1. The summed E-state index contributed by atoms with van der Waals surface area (Å²) in [6.45, 7) is 2.31. The van der Waals surface area contributed by atoms with E-state index in [9.17, 15) is 4.79 Å². The Bertz CT molecular complexity index is 775. The van der Waals surface area contributed by atoms with Gasteiger partial charge in [0.15, 0.2) is 16.5 Å². The first-order valence-electron chi connectivity index (χ1n) is 7.03. The molecule has 0 spiro atoms. The lowest BCUT2D eigenvalue weighted by atomic mass is 10.3. The number of amides is 1. The minimum atomic E-state index is -0.176. The molecule has 114 valence electrons. The van der Waals surface area contributed by atoms with Crippen molar-refractivity contribution >= 4 is 27.5 Å². The number of carbonyl (C=O) groups is 1. The van der Waals surface area contributed by atoms with Crippen molar-refractivity contribution in [1.29, 1.82) is 0 Å². The molecule has 2 heterocycles. The van der Waals surface area contributed by atoms with Gasteiger partial charge in [0.05, 0.1) is 10.2 Å². The number of nitrogens with zero attached hydrogens (tertiary/aromatic N) is 2. The average Bonchev–Trinajstić information content (AvgIpc) is 3.18. The molecule has 0 saturated heterocycles. The number of likely N-dealkylation sites (N-methyl/N-ethyl adjacent to an activating group) is 1. The van der Waals surface area contributed by atoms with Crippen LogP contribution in [-0.2, 0) is 0 Å². The first-order chi connectivity index (χ1) is 10.6. The summed E-state index contributed by atoms with van der Waals surface area (Å²) in [5.74, 6) is 0.737. The first-order valence-corrected chi connectivity index (χ1v) is 7.85. The molecule has 22 heavy (non-hydrogen) atoms. The van der Waals surface area contributed by atoms with E-state index in [-0.39, 0.29) is 11.9 Å². The molecule has 0 aliphatic carbocycles. The Morgan fingerprint density at radius 3 is 2.86 bits per heavy atom. The van der Waals surface area contributed by atoms with Gasteiger partial charge in [-0.3, -0.25) is 4.79 Å². The molecule has 1 amide bonds. The van der Waals surface area contributed by atoms with E-state index in [1.54, 1.807) is 35.4 Å². The van der Waals surface area contributed by atoms with Crippen LogP contribution in [0.25, 0.3) is 21.0 Å². The number of aromatic nitrogens is 1. The molecule has 0 bridgehead atoms. The van der Waals surface area contributed by atoms with E-state index in [0.29, 0.717) is 18.1 Å². The van der Waals surface area contributed by atoms with Gasteiger partial charge in [-0.05, 0) is 31.2 Å². The Morgan fingerprint density at radius 2 is 2.14 bits per heavy atom. The van der Waals surface area contributed by atoms with E-state index in [0.717, 1.165) is 15.2 Å². The van der Waals surface area contributed by atoms with Crippen molar-refractivity contribution in [2.45, 2.75) is 13.0 Å². The maximum absolute atomic E-state index is 12.3. The summed E-state index contributed by atoms with van der Waals surface area (Å²) in [7, 11) is 1.72. The zero-order chi connectivity index (χ0) is 15.7. The van der Waals surface area contributed by atoms with Crippen molar-refractivity contribution in [3.8, 4) is 10.8 Å². The van der Waals surface area contributed by atoms with E-state index < -0.39 is 0 Å². The van der Waals surface area contributed by atoms with Crippen LogP contribution in [0.2, 0.25) is 0 Å². The summed E-state index contributed by atoms with van der Waals surface area (Å²) < 4.78 is 6.79. The fourth-order valence-electron chi connectivity index (χ4n) is 2.08. The summed E-state index contributed by atoms with van der Waals surface area (Å²) in [5, 5.41) is 0.773. The van der Waals surface area contributed by atoms with Gasteiger partial charge in [-0.2, -0.15) is 0 Å². The molecular weight excluding hydrogens is 298 g/mol. The molecule has 0 radical (unpaired) electrons. The highest BCUT2D eigenvalue weighted by atomic mass is 32.1. The second-order valence-corrected chi connectivity index (χ2v) is 6.18. The SMILES string of the molecule is CC(CN)N(C)C(=O)c1ccc(-c2nc3ccccc3s2)o1. The molecule has 3 rings (SSSR count). The van der Waals surface area contributed by atoms with E-state index in [4.69, 9.17) is 10.2 Å². The van der Waals surface area contributed by atoms with Gasteiger partial charge in [0.1, 0.15) is 0 Å². The molecule has 2 N–H and O–H groups in total. The summed E-state index contributed by atoms with van der Waals surface area (Å²) in [6.07, 6.45) is 0. The van der Waals surface area contributed by atoms with Crippen LogP contribution in [0.3, 0.4) is 0 Å². The van der Waals surface area contributed by atoms with E-state index in [2.05, 4.69) is 4.98 Å². The van der Waals surface area contributed by atoms with Crippen molar-refractivity contribution in [3.05, 3.63) is 42.2 Å². The molecule has 1 unspecified atom stereocenters. The molecule has 0 saturated carbocycles. The third kappa shape index (κ3) is 2.63. The van der Waals surface area contributed by atoms with Gasteiger partial charge >= 0.3 is 0 Å². The molecule has 0 aliphatic rings. The Morgan fingerprint density at radius 1 is 1.36 bits per heavy atom. The van der Waals surface area contributed by atoms with Crippen LogP contribution in [0.1, 0.15) is 17.5 Å². The van der Waals surface area contributed by atoms with Crippen molar-refractivity contribution in [2.75, 3.05) is 13.6 Å². The lowest BCUT2D eigenvalue weighted by Gasteiger charge is -2.22. The Kier molecular flexibility index (Phi) is 3.96. The number of thiazole rings is 1. The van der Waals surface area contributed by atoms with Crippen LogP contribution in [0, 0.1) is 0 Å². The van der Waals surface area contributed by atoms with E-state index in [1.165, 1.54) is 0 Å².